The van der Waals surface area contributed by atoms with E-state index in [1.165, 1.54) is 11.3 Å². The summed E-state index contributed by atoms with van der Waals surface area (Å²) in [6.45, 7) is 20.9. The van der Waals surface area contributed by atoms with Crippen molar-refractivity contribution in [2.45, 2.75) is 144 Å². The Bertz CT molecular complexity index is 1760. The summed E-state index contributed by atoms with van der Waals surface area (Å²) in [5.74, 6) is -2.67. The maximum atomic E-state index is 14.8. The van der Waals surface area contributed by atoms with E-state index >= 15 is 0 Å². The predicted molar refractivity (Wildman–Crippen MR) is 227 cm³/mol. The number of aromatic nitrogens is 1. The molecule has 1 aromatic carbocycles. The average molecular weight is 823 g/mol. The van der Waals surface area contributed by atoms with Crippen LogP contribution >= 0.6 is 11.3 Å². The first-order valence-electron chi connectivity index (χ1n) is 20.6. The number of benzene rings is 1. The van der Waals surface area contributed by atoms with E-state index in [-0.39, 0.29) is 42.5 Å². The van der Waals surface area contributed by atoms with Gasteiger partial charge in [-0.05, 0) is 41.1 Å². The molecule has 0 spiro atoms. The van der Waals surface area contributed by atoms with Crippen LogP contribution in [0.25, 0.3) is 0 Å². The van der Waals surface area contributed by atoms with E-state index in [0.717, 1.165) is 5.56 Å². The fourth-order valence-corrected chi connectivity index (χ4v) is 8.25. The standard InChI is InChI=1S/C43H66N8O6S/c1-12-28(52)22-29(41-44-19-21-58-41)46-38(55)32(26(5)27-16-14-13-15-17-27)48-40(57)35(43(9,10)11)49-36-34(42(6,7)8)50-37(54)31(24(2)3)47-39(56)33-25(4)18-20-51(33)30(53)23-45-36/h13-17,19,21,24-26,28-29,31-35,52H,12,18,20,22-23H2,1-11H3,(H,45,49)(H,46,55)(H,47,56)(H,48,57)(H,50,54)/t25-,26?,28?,29+,31+,32+,33+,34-,35-/m1/s1. The molecule has 320 valence electrons. The number of aliphatic hydroxyl groups excluding tert-OH is 1. The number of amides is 5. The number of rotatable bonds is 12. The summed E-state index contributed by atoms with van der Waals surface area (Å²) in [4.78, 5) is 81.7. The van der Waals surface area contributed by atoms with Crippen LogP contribution in [0.15, 0.2) is 46.9 Å². The van der Waals surface area contributed by atoms with Crippen LogP contribution < -0.4 is 26.6 Å². The number of aliphatic hydroxyl groups is 1. The van der Waals surface area contributed by atoms with Crippen molar-refractivity contribution < 1.29 is 29.1 Å². The van der Waals surface area contributed by atoms with E-state index < -0.39 is 76.8 Å². The molecule has 0 aliphatic carbocycles. The van der Waals surface area contributed by atoms with Gasteiger partial charge in [-0.1, -0.05) is 106 Å². The van der Waals surface area contributed by atoms with E-state index in [2.05, 4.69) is 31.6 Å². The summed E-state index contributed by atoms with van der Waals surface area (Å²) in [7, 11) is 0. The lowest BCUT2D eigenvalue weighted by atomic mass is 9.82. The fraction of sp³-hybridized carbons (Fsp3) is 0.651. The Morgan fingerprint density at radius 2 is 1.66 bits per heavy atom. The van der Waals surface area contributed by atoms with E-state index in [9.17, 15) is 29.1 Å². The lowest BCUT2D eigenvalue weighted by molar-refractivity contribution is -0.140. The van der Waals surface area contributed by atoms with Crippen molar-refractivity contribution in [2.24, 2.45) is 27.7 Å². The largest absolute Gasteiger partial charge is 0.393 e. The van der Waals surface area contributed by atoms with Gasteiger partial charge in [0.2, 0.25) is 29.5 Å². The molecule has 4 rings (SSSR count). The molecule has 0 saturated carbocycles. The number of carbonyl (C=O) groups is 5. The van der Waals surface area contributed by atoms with Gasteiger partial charge in [-0.2, -0.15) is 0 Å². The van der Waals surface area contributed by atoms with Crippen molar-refractivity contribution >= 4 is 46.7 Å². The zero-order valence-electron chi connectivity index (χ0n) is 36.1. The van der Waals surface area contributed by atoms with Crippen molar-refractivity contribution in [1.29, 1.82) is 0 Å². The molecule has 5 amide bonds. The van der Waals surface area contributed by atoms with Gasteiger partial charge in [-0.25, -0.2) is 4.98 Å². The van der Waals surface area contributed by atoms with Crippen molar-refractivity contribution in [3.05, 3.63) is 52.5 Å². The lowest BCUT2D eigenvalue weighted by Gasteiger charge is -2.39. The van der Waals surface area contributed by atoms with Crippen LogP contribution in [0.3, 0.4) is 0 Å². The third-order valence-corrected chi connectivity index (χ3v) is 12.1. The number of aliphatic imine (C=N–C) groups is 1. The third kappa shape index (κ3) is 11.6. The Morgan fingerprint density at radius 3 is 2.22 bits per heavy atom. The third-order valence-electron chi connectivity index (χ3n) is 11.2. The van der Waals surface area contributed by atoms with Gasteiger partial charge in [0.1, 0.15) is 41.6 Å². The average Bonchev–Trinajstić information content (AvgIpc) is 3.83. The topological polar surface area (TPSA) is 194 Å². The second-order valence-electron chi connectivity index (χ2n) is 18.4. The van der Waals surface area contributed by atoms with Gasteiger partial charge in [0.25, 0.3) is 0 Å². The molecule has 2 aliphatic heterocycles. The molecule has 6 N–H and O–H groups in total. The molecule has 9 atom stereocenters. The molecule has 1 fully saturated rings. The number of nitrogens with one attached hydrogen (secondary N) is 5. The van der Waals surface area contributed by atoms with Crippen LogP contribution in [0.1, 0.15) is 118 Å². The first kappa shape index (κ1) is 46.3. The second kappa shape index (κ2) is 19.6. The van der Waals surface area contributed by atoms with Gasteiger partial charge in [0.05, 0.1) is 18.2 Å². The highest BCUT2D eigenvalue weighted by Crippen LogP contribution is 2.29. The molecule has 0 bridgehead atoms. The zero-order valence-corrected chi connectivity index (χ0v) is 36.9. The maximum absolute atomic E-state index is 14.8. The van der Waals surface area contributed by atoms with Crippen LogP contribution in [0.4, 0.5) is 0 Å². The minimum Gasteiger partial charge on any atom is -0.393 e. The highest BCUT2D eigenvalue weighted by atomic mass is 32.1. The molecular formula is C43H66N8O6S. The summed E-state index contributed by atoms with van der Waals surface area (Å²) >= 11 is 1.38. The first-order chi connectivity index (χ1) is 27.1. The Hall–Kier alpha value is -4.37. The minimum absolute atomic E-state index is 0.113. The van der Waals surface area contributed by atoms with Crippen molar-refractivity contribution in [2.75, 3.05) is 13.1 Å². The maximum Gasteiger partial charge on any atom is 0.244 e. The zero-order chi connectivity index (χ0) is 43.1. The molecule has 0 radical (unpaired) electrons. The molecule has 2 aliphatic rings. The molecular weight excluding hydrogens is 757 g/mol. The van der Waals surface area contributed by atoms with Crippen molar-refractivity contribution in [3.63, 3.8) is 0 Å². The number of hydrogen-bond acceptors (Lipinski definition) is 10. The molecule has 14 nitrogen and oxygen atoms in total. The number of hydrogen-bond donors (Lipinski definition) is 6. The molecule has 1 aromatic heterocycles. The van der Waals surface area contributed by atoms with E-state index in [4.69, 9.17) is 4.99 Å². The summed E-state index contributed by atoms with van der Waals surface area (Å²) in [6, 6.07) is 4.35. The molecule has 2 aromatic rings. The van der Waals surface area contributed by atoms with Gasteiger partial charge in [-0.3, -0.25) is 29.0 Å². The van der Waals surface area contributed by atoms with Gasteiger partial charge in [-0.15, -0.1) is 11.3 Å². The van der Waals surface area contributed by atoms with Crippen LogP contribution in [-0.2, 0) is 24.0 Å². The summed E-state index contributed by atoms with van der Waals surface area (Å²) in [6.07, 6.45) is 2.35. The lowest BCUT2D eigenvalue weighted by Crippen LogP contribution is -2.65. The minimum atomic E-state index is -1.05. The Kier molecular flexibility index (Phi) is 15.6. The van der Waals surface area contributed by atoms with E-state index in [0.29, 0.717) is 24.4 Å². The van der Waals surface area contributed by atoms with Crippen LogP contribution in [-0.4, -0.2) is 99.8 Å². The molecule has 2 unspecified atom stereocenters. The normalized spacial score (nSPS) is 23.5. The van der Waals surface area contributed by atoms with Gasteiger partial charge in [0, 0.05) is 30.5 Å². The first-order valence-corrected chi connectivity index (χ1v) is 21.5. The number of amidine groups is 1. The van der Waals surface area contributed by atoms with Gasteiger partial charge in [0.15, 0.2) is 0 Å². The van der Waals surface area contributed by atoms with Crippen molar-refractivity contribution in [3.8, 4) is 0 Å². The smallest absolute Gasteiger partial charge is 0.244 e. The van der Waals surface area contributed by atoms with Crippen LogP contribution in [0, 0.1) is 22.7 Å². The highest BCUT2D eigenvalue weighted by molar-refractivity contribution is 7.09. The summed E-state index contributed by atoms with van der Waals surface area (Å²) in [5.41, 5.74) is -0.619. The van der Waals surface area contributed by atoms with Crippen molar-refractivity contribution in [1.82, 2.24) is 36.5 Å². The molecule has 1 saturated heterocycles. The van der Waals surface area contributed by atoms with Gasteiger partial charge < -0.3 is 36.6 Å². The second-order valence-corrected chi connectivity index (χ2v) is 19.3. The number of carbonyl (C=O) groups excluding carboxylic acids is 5. The number of fused-ring (bicyclic) bond motifs is 1. The SMILES string of the molecule is CCC(O)C[C@H](NC(=O)[C@@H](NC(=O)[C@@H](NC1=NCC(=O)N2CC[C@@H](C)[C@H]2C(=O)N[C@@H](C(C)C)C(=O)N[C@H]1C(C)(C)C)C(C)(C)C)C(C)c1ccccc1)c1nccs1. The Morgan fingerprint density at radius 1 is 0.983 bits per heavy atom. The molecule has 3 heterocycles. The predicted octanol–water partition coefficient (Wildman–Crippen LogP) is 4.08. The number of thiazole rings is 1. The monoisotopic (exact) mass is 822 g/mol. The quantitative estimate of drug-likeness (QED) is 0.184. The molecule has 15 heteroatoms. The van der Waals surface area contributed by atoms with Crippen LogP contribution in [0.2, 0.25) is 0 Å². The van der Waals surface area contributed by atoms with E-state index in [1.807, 2.05) is 112 Å². The number of nitrogens with zero attached hydrogens (tertiary/aromatic N) is 3. The highest BCUT2D eigenvalue weighted by Gasteiger charge is 2.44. The summed E-state index contributed by atoms with van der Waals surface area (Å²) < 4.78 is 0. The van der Waals surface area contributed by atoms with E-state index in [1.54, 1.807) is 11.1 Å². The fourth-order valence-electron chi connectivity index (χ4n) is 7.55. The summed E-state index contributed by atoms with van der Waals surface area (Å²) in [5, 5.41) is 28.7. The Labute approximate surface area is 348 Å². The van der Waals surface area contributed by atoms with Crippen LogP contribution in [0.5, 0.6) is 0 Å². The van der Waals surface area contributed by atoms with Gasteiger partial charge >= 0.3 is 0 Å². The molecule has 58 heavy (non-hydrogen) atoms. The Balaban J connectivity index is 1.76.